The Bertz CT molecular complexity index is 922. The lowest BCUT2D eigenvalue weighted by Gasteiger charge is -2.30. The number of sulfonamides is 1. The Labute approximate surface area is 146 Å². The second kappa shape index (κ2) is 6.06. The maximum atomic E-state index is 12.7. The minimum atomic E-state index is -3.51. The molecule has 0 bridgehead atoms. The highest BCUT2D eigenvalue weighted by Gasteiger charge is 2.35. The van der Waals surface area contributed by atoms with Gasteiger partial charge in [0.25, 0.3) is 0 Å². The van der Waals surface area contributed by atoms with Crippen LogP contribution in [0.25, 0.3) is 0 Å². The van der Waals surface area contributed by atoms with Crippen molar-refractivity contribution < 1.29 is 8.42 Å². The molecule has 0 amide bonds. The first kappa shape index (κ1) is 16.5. The lowest BCUT2D eigenvalue weighted by molar-refractivity contribution is 0.308. The number of pyridine rings is 1. The van der Waals surface area contributed by atoms with E-state index in [9.17, 15) is 13.2 Å². The molecule has 25 heavy (non-hydrogen) atoms. The van der Waals surface area contributed by atoms with Crippen molar-refractivity contribution in [2.45, 2.75) is 42.5 Å². The Morgan fingerprint density at radius 2 is 1.88 bits per heavy atom. The van der Waals surface area contributed by atoms with Gasteiger partial charge in [-0.05, 0) is 37.8 Å². The van der Waals surface area contributed by atoms with E-state index in [2.05, 4.69) is 10.1 Å². The van der Waals surface area contributed by atoms with Crippen LogP contribution in [0.2, 0.25) is 0 Å². The first-order chi connectivity index (χ1) is 12.0. The highest BCUT2D eigenvalue weighted by atomic mass is 32.2. The molecule has 134 valence electrons. The molecule has 0 atom stereocenters. The Morgan fingerprint density at radius 1 is 1.16 bits per heavy atom. The predicted octanol–water partition coefficient (Wildman–Crippen LogP) is 0.880. The zero-order chi connectivity index (χ0) is 17.6. The molecule has 2 aliphatic rings. The topological polar surface area (TPSA) is 90.1 Å². The second-order valence-electron chi connectivity index (χ2n) is 6.73. The van der Waals surface area contributed by atoms with E-state index in [1.807, 2.05) is 4.57 Å². The van der Waals surface area contributed by atoms with Gasteiger partial charge in [-0.2, -0.15) is 9.40 Å². The summed E-state index contributed by atoms with van der Waals surface area (Å²) in [7, 11) is -1.83. The Kier molecular flexibility index (Phi) is 3.99. The largest absolute Gasteiger partial charge is 0.345 e. The van der Waals surface area contributed by atoms with Crippen LogP contribution < -0.4 is 5.69 Å². The van der Waals surface area contributed by atoms with Gasteiger partial charge in [0.05, 0.1) is 0 Å². The molecule has 2 aromatic rings. The quantitative estimate of drug-likeness (QED) is 0.804. The molecule has 9 heteroatoms. The molecule has 1 aliphatic heterocycles. The fraction of sp³-hybridized carbons (Fsp3) is 0.562. The minimum absolute atomic E-state index is 0.0667. The fourth-order valence-corrected chi connectivity index (χ4v) is 4.89. The second-order valence-corrected chi connectivity index (χ2v) is 8.67. The van der Waals surface area contributed by atoms with Gasteiger partial charge < -0.3 is 0 Å². The highest BCUT2D eigenvalue weighted by molar-refractivity contribution is 7.89. The maximum Gasteiger partial charge on any atom is 0.345 e. The molecule has 0 radical (unpaired) electrons. The molecule has 1 aliphatic carbocycles. The summed E-state index contributed by atoms with van der Waals surface area (Å²) >= 11 is 0. The first-order valence-corrected chi connectivity index (χ1v) is 9.98. The molecule has 1 saturated carbocycles. The number of rotatable bonds is 4. The third-order valence-corrected chi connectivity index (χ3v) is 6.87. The van der Waals surface area contributed by atoms with Crippen LogP contribution in [0.15, 0.2) is 34.2 Å². The monoisotopic (exact) mass is 363 g/mol. The third-order valence-electron chi connectivity index (χ3n) is 4.99. The lowest BCUT2D eigenvalue weighted by Crippen LogP contribution is -2.38. The molecule has 1 saturated heterocycles. The molecular weight excluding hydrogens is 342 g/mol. The third kappa shape index (κ3) is 2.91. The van der Waals surface area contributed by atoms with E-state index in [4.69, 9.17) is 0 Å². The van der Waals surface area contributed by atoms with Gasteiger partial charge in [0.15, 0.2) is 0 Å². The number of hydrogen-bond acceptors (Lipinski definition) is 5. The maximum absolute atomic E-state index is 12.7. The predicted molar refractivity (Wildman–Crippen MR) is 90.7 cm³/mol. The van der Waals surface area contributed by atoms with Crippen molar-refractivity contribution in [3.63, 3.8) is 0 Å². The van der Waals surface area contributed by atoms with Gasteiger partial charge in [-0.25, -0.2) is 17.9 Å². The van der Waals surface area contributed by atoms with Crippen molar-refractivity contribution in [2.75, 3.05) is 13.1 Å². The summed E-state index contributed by atoms with van der Waals surface area (Å²) in [5, 5.41) is 4.43. The summed E-state index contributed by atoms with van der Waals surface area (Å²) in [5.74, 6) is 0.934. The lowest BCUT2D eigenvalue weighted by atomic mass is 9.97. The Balaban J connectivity index is 1.53. The van der Waals surface area contributed by atoms with Crippen LogP contribution in [0, 0.1) is 0 Å². The zero-order valence-electron chi connectivity index (χ0n) is 14.1. The van der Waals surface area contributed by atoms with E-state index < -0.39 is 10.0 Å². The van der Waals surface area contributed by atoms with Gasteiger partial charge >= 0.3 is 5.69 Å². The Morgan fingerprint density at radius 3 is 2.48 bits per heavy atom. The van der Waals surface area contributed by atoms with E-state index >= 15 is 0 Å². The van der Waals surface area contributed by atoms with Crippen molar-refractivity contribution in [2.24, 2.45) is 7.05 Å². The number of hydrogen-bond donors (Lipinski definition) is 0. The van der Waals surface area contributed by atoms with Gasteiger partial charge in [-0.3, -0.25) is 9.55 Å². The number of aryl methyl sites for hydroxylation is 1. The molecule has 3 heterocycles. The van der Waals surface area contributed by atoms with E-state index in [0.29, 0.717) is 25.9 Å². The molecule has 0 aromatic carbocycles. The molecule has 2 aromatic heterocycles. The number of aromatic nitrogens is 4. The van der Waals surface area contributed by atoms with Gasteiger partial charge in [0.1, 0.15) is 10.7 Å². The normalized spacial score (nSPS) is 20.0. The molecule has 4 rings (SSSR count). The molecule has 2 fully saturated rings. The summed E-state index contributed by atoms with van der Waals surface area (Å²) in [6.45, 7) is 0.856. The Hall–Kier alpha value is -2.00. The molecule has 8 nitrogen and oxygen atoms in total. The zero-order valence-corrected chi connectivity index (χ0v) is 14.9. The van der Waals surface area contributed by atoms with Gasteiger partial charge in [-0.1, -0.05) is 0 Å². The minimum Gasteiger partial charge on any atom is -0.276 e. The molecule has 0 spiro atoms. The van der Waals surface area contributed by atoms with E-state index in [1.165, 1.54) is 15.2 Å². The first-order valence-electron chi connectivity index (χ1n) is 8.54. The van der Waals surface area contributed by atoms with Gasteiger partial charge in [0.2, 0.25) is 10.0 Å². The van der Waals surface area contributed by atoms with Crippen LogP contribution in [0.4, 0.5) is 0 Å². The van der Waals surface area contributed by atoms with E-state index in [1.54, 1.807) is 25.4 Å². The van der Waals surface area contributed by atoms with Crippen molar-refractivity contribution >= 4 is 10.0 Å². The van der Waals surface area contributed by atoms with Crippen molar-refractivity contribution in [3.05, 3.63) is 40.8 Å². The van der Waals surface area contributed by atoms with Gasteiger partial charge in [0, 0.05) is 44.5 Å². The summed E-state index contributed by atoms with van der Waals surface area (Å²) in [4.78, 5) is 16.4. The van der Waals surface area contributed by atoms with Gasteiger partial charge in [-0.15, -0.1) is 0 Å². The summed E-state index contributed by atoms with van der Waals surface area (Å²) in [5.41, 5.74) is -0.0667. The van der Waals surface area contributed by atoms with Crippen LogP contribution in [0.3, 0.4) is 0 Å². The van der Waals surface area contributed by atoms with Crippen molar-refractivity contribution in [1.29, 1.82) is 0 Å². The van der Waals surface area contributed by atoms with Crippen LogP contribution in [0.1, 0.15) is 43.5 Å². The SMILES string of the molecule is Cn1nc(C2CCN(S(=O)(=O)c3cccnc3)CC2)n(C2CC2)c1=O. The average Bonchev–Trinajstić information content (AvgIpc) is 3.42. The summed E-state index contributed by atoms with van der Waals surface area (Å²) in [6, 6.07) is 3.47. The average molecular weight is 363 g/mol. The molecule has 0 N–H and O–H groups in total. The standard InChI is InChI=1S/C16H21N5O3S/c1-19-16(22)21(13-4-5-13)15(18-19)12-6-9-20(10-7-12)25(23,24)14-3-2-8-17-11-14/h2-3,8,11-13H,4-7,9-10H2,1H3. The number of piperidine rings is 1. The molecular formula is C16H21N5O3S. The van der Waals surface area contributed by atoms with Crippen LogP contribution in [0.5, 0.6) is 0 Å². The molecule has 0 unspecified atom stereocenters. The van der Waals surface area contributed by atoms with E-state index in [0.717, 1.165) is 18.7 Å². The van der Waals surface area contributed by atoms with Crippen molar-refractivity contribution in [1.82, 2.24) is 23.6 Å². The fourth-order valence-electron chi connectivity index (χ4n) is 3.46. The summed E-state index contributed by atoms with van der Waals surface area (Å²) in [6.07, 6.45) is 6.32. The van der Waals surface area contributed by atoms with E-state index in [-0.39, 0.29) is 22.5 Å². The van der Waals surface area contributed by atoms with Crippen LogP contribution >= 0.6 is 0 Å². The smallest absolute Gasteiger partial charge is 0.276 e. The van der Waals surface area contributed by atoms with Crippen LogP contribution in [-0.2, 0) is 17.1 Å². The van der Waals surface area contributed by atoms with Crippen molar-refractivity contribution in [3.8, 4) is 0 Å². The van der Waals surface area contributed by atoms with Crippen LogP contribution in [-0.4, -0.2) is 45.1 Å². The number of nitrogens with zero attached hydrogens (tertiary/aromatic N) is 5. The summed E-state index contributed by atoms with van der Waals surface area (Å²) < 4.78 is 30.1. The highest BCUT2D eigenvalue weighted by Crippen LogP contribution is 2.37.